The molecule has 0 aromatic rings. The van der Waals surface area contributed by atoms with E-state index in [0.717, 1.165) is 14.2 Å². The molecular formula is C10H5Cl4I. The average molecular weight is 394 g/mol. The third-order valence-corrected chi connectivity index (χ3v) is 6.47. The maximum atomic E-state index is 6.18. The van der Waals surface area contributed by atoms with E-state index in [1.165, 1.54) is 0 Å². The highest BCUT2D eigenvalue weighted by atomic mass is 127. The van der Waals surface area contributed by atoms with E-state index in [2.05, 4.69) is 28.7 Å². The van der Waals surface area contributed by atoms with Crippen molar-refractivity contribution in [2.45, 2.75) is 4.33 Å². The number of fused-ring (bicyclic) bond motifs is 3. The SMILES string of the molecule is ClC1=CC(Cl)=C(I)C2C1=CC1C2C1(Cl)Cl. The summed E-state index contributed by atoms with van der Waals surface area (Å²) >= 11 is 26.9. The number of hydrogen-bond donors (Lipinski definition) is 0. The smallest absolute Gasteiger partial charge is 0.101 e. The molecule has 3 unspecified atom stereocenters. The Bertz CT molecular complexity index is 446. The van der Waals surface area contributed by atoms with Gasteiger partial charge in [0.2, 0.25) is 0 Å². The van der Waals surface area contributed by atoms with Crippen molar-refractivity contribution in [1.29, 1.82) is 0 Å². The zero-order valence-electron chi connectivity index (χ0n) is 7.28. The maximum Gasteiger partial charge on any atom is 0.129 e. The molecule has 0 N–H and O–H groups in total. The lowest BCUT2D eigenvalue weighted by Crippen LogP contribution is -2.14. The summed E-state index contributed by atoms with van der Waals surface area (Å²) in [6, 6.07) is 0. The molecule has 80 valence electrons. The van der Waals surface area contributed by atoms with Gasteiger partial charge in [-0.05, 0) is 34.2 Å². The van der Waals surface area contributed by atoms with Gasteiger partial charge in [-0.1, -0.05) is 29.3 Å². The van der Waals surface area contributed by atoms with Crippen LogP contribution in [0.3, 0.4) is 0 Å². The summed E-state index contributed by atoms with van der Waals surface area (Å²) < 4.78 is 0.483. The molecule has 0 nitrogen and oxygen atoms in total. The van der Waals surface area contributed by atoms with Crippen LogP contribution in [0.25, 0.3) is 0 Å². The minimum atomic E-state index is -0.615. The summed E-state index contributed by atoms with van der Waals surface area (Å²) in [5.41, 5.74) is 1.14. The van der Waals surface area contributed by atoms with E-state index in [9.17, 15) is 0 Å². The summed E-state index contributed by atoms with van der Waals surface area (Å²) in [5.74, 6) is 0.685. The Morgan fingerprint density at radius 2 is 1.93 bits per heavy atom. The van der Waals surface area contributed by atoms with Gasteiger partial charge in [-0.2, -0.15) is 0 Å². The molecule has 3 aliphatic rings. The monoisotopic (exact) mass is 392 g/mol. The van der Waals surface area contributed by atoms with Gasteiger partial charge in [-0.15, -0.1) is 23.2 Å². The van der Waals surface area contributed by atoms with Crippen molar-refractivity contribution in [3.8, 4) is 0 Å². The molecule has 0 bridgehead atoms. The minimum Gasteiger partial charge on any atom is -0.101 e. The van der Waals surface area contributed by atoms with E-state index in [1.807, 2.05) is 0 Å². The Hall–Kier alpha value is 1.11. The topological polar surface area (TPSA) is 0 Å². The summed E-state index contributed by atoms with van der Waals surface area (Å²) in [6.45, 7) is 0. The first kappa shape index (κ1) is 11.2. The van der Waals surface area contributed by atoms with Crippen LogP contribution in [0.15, 0.2) is 31.4 Å². The van der Waals surface area contributed by atoms with E-state index < -0.39 is 4.33 Å². The van der Waals surface area contributed by atoms with Crippen LogP contribution in [0, 0.1) is 17.8 Å². The molecule has 0 saturated heterocycles. The molecule has 0 amide bonds. The molecule has 15 heavy (non-hydrogen) atoms. The molecule has 0 aliphatic heterocycles. The third-order valence-electron chi connectivity index (χ3n) is 3.25. The quantitative estimate of drug-likeness (QED) is 0.402. The van der Waals surface area contributed by atoms with Crippen LogP contribution in [0.5, 0.6) is 0 Å². The largest absolute Gasteiger partial charge is 0.129 e. The molecule has 1 fully saturated rings. The van der Waals surface area contributed by atoms with Gasteiger partial charge in [-0.3, -0.25) is 0 Å². The van der Waals surface area contributed by atoms with Crippen LogP contribution < -0.4 is 0 Å². The van der Waals surface area contributed by atoms with E-state index in [-0.39, 0.29) is 17.8 Å². The highest BCUT2D eigenvalue weighted by molar-refractivity contribution is 14.1. The predicted octanol–water partition coefficient (Wildman–Crippen LogP) is 4.98. The fraction of sp³-hybridized carbons (Fsp3) is 0.400. The van der Waals surface area contributed by atoms with Crippen LogP contribution in [0.4, 0.5) is 0 Å². The number of hydrogen-bond acceptors (Lipinski definition) is 0. The zero-order valence-corrected chi connectivity index (χ0v) is 12.5. The average Bonchev–Trinajstić information content (AvgIpc) is 2.59. The summed E-state index contributed by atoms with van der Waals surface area (Å²) in [5, 5.41) is 1.43. The first-order valence-electron chi connectivity index (χ1n) is 4.47. The molecule has 0 aromatic carbocycles. The Morgan fingerprint density at radius 3 is 2.60 bits per heavy atom. The van der Waals surface area contributed by atoms with Crippen LogP contribution >= 0.6 is 69.0 Å². The second kappa shape index (κ2) is 3.32. The lowest BCUT2D eigenvalue weighted by Gasteiger charge is -2.23. The highest BCUT2D eigenvalue weighted by Gasteiger charge is 2.69. The van der Waals surface area contributed by atoms with E-state index in [4.69, 9.17) is 46.4 Å². The van der Waals surface area contributed by atoms with Gasteiger partial charge in [0.1, 0.15) is 4.33 Å². The molecule has 0 radical (unpaired) electrons. The minimum absolute atomic E-state index is 0.204. The van der Waals surface area contributed by atoms with Crippen LogP contribution in [-0.4, -0.2) is 4.33 Å². The maximum absolute atomic E-state index is 6.18. The first-order chi connectivity index (χ1) is 6.94. The molecular weight excluding hydrogens is 389 g/mol. The van der Waals surface area contributed by atoms with Crippen LogP contribution in [-0.2, 0) is 0 Å². The van der Waals surface area contributed by atoms with Gasteiger partial charge >= 0.3 is 0 Å². The molecule has 0 spiro atoms. The van der Waals surface area contributed by atoms with Gasteiger partial charge in [-0.25, -0.2) is 0 Å². The Morgan fingerprint density at radius 1 is 1.27 bits per heavy atom. The molecule has 3 aliphatic carbocycles. The van der Waals surface area contributed by atoms with Crippen LogP contribution in [0.1, 0.15) is 0 Å². The second-order valence-electron chi connectivity index (χ2n) is 4.01. The Kier molecular flexibility index (Phi) is 2.48. The van der Waals surface area contributed by atoms with Crippen molar-refractivity contribution in [2.75, 3.05) is 0 Å². The predicted molar refractivity (Wildman–Crippen MR) is 73.8 cm³/mol. The van der Waals surface area contributed by atoms with Crippen molar-refractivity contribution >= 4 is 69.0 Å². The standard InChI is InChI=1S/C10H5Cl4I/c11-5-2-6(12)9(15)7-3(5)1-4-8(7)10(4,13)14/h1-2,4,7-8H. The number of rotatable bonds is 0. The lowest BCUT2D eigenvalue weighted by atomic mass is 9.93. The normalized spacial score (nSPS) is 40.7. The molecule has 1 saturated carbocycles. The van der Waals surface area contributed by atoms with E-state index in [0.29, 0.717) is 5.03 Å². The zero-order chi connectivity index (χ0) is 11.0. The van der Waals surface area contributed by atoms with Crippen molar-refractivity contribution in [1.82, 2.24) is 0 Å². The number of allylic oxidation sites excluding steroid dienone is 6. The van der Waals surface area contributed by atoms with Gasteiger partial charge in [0.15, 0.2) is 0 Å². The summed E-state index contributed by atoms with van der Waals surface area (Å²) in [7, 11) is 0. The molecule has 3 rings (SSSR count). The van der Waals surface area contributed by atoms with Gasteiger partial charge in [0.05, 0.1) is 5.03 Å². The van der Waals surface area contributed by atoms with Gasteiger partial charge in [0, 0.05) is 26.4 Å². The fourth-order valence-electron chi connectivity index (χ4n) is 2.44. The van der Waals surface area contributed by atoms with Gasteiger partial charge in [0.25, 0.3) is 0 Å². The number of alkyl halides is 2. The molecule has 3 atom stereocenters. The summed E-state index contributed by atoms with van der Waals surface area (Å²) in [4.78, 5) is 0. The van der Waals surface area contributed by atoms with Gasteiger partial charge < -0.3 is 0 Å². The van der Waals surface area contributed by atoms with Crippen molar-refractivity contribution in [3.05, 3.63) is 31.4 Å². The highest BCUT2D eigenvalue weighted by Crippen LogP contribution is 2.71. The lowest BCUT2D eigenvalue weighted by molar-refractivity contribution is 0.661. The fourth-order valence-corrected chi connectivity index (χ4v) is 4.69. The first-order valence-corrected chi connectivity index (χ1v) is 7.06. The van der Waals surface area contributed by atoms with Crippen molar-refractivity contribution < 1.29 is 0 Å². The second-order valence-corrected chi connectivity index (χ2v) is 7.43. The Labute approximate surface area is 121 Å². The molecule has 0 heterocycles. The van der Waals surface area contributed by atoms with E-state index in [1.54, 1.807) is 6.08 Å². The van der Waals surface area contributed by atoms with Crippen molar-refractivity contribution in [2.24, 2.45) is 17.8 Å². The Balaban J connectivity index is 2.11. The van der Waals surface area contributed by atoms with Crippen molar-refractivity contribution in [3.63, 3.8) is 0 Å². The molecule has 0 aromatic heterocycles. The summed E-state index contributed by atoms with van der Waals surface area (Å²) in [6.07, 6.45) is 3.89. The molecule has 5 heteroatoms. The number of halogens is 5. The van der Waals surface area contributed by atoms with Crippen LogP contribution in [0.2, 0.25) is 0 Å². The van der Waals surface area contributed by atoms with E-state index >= 15 is 0 Å². The third kappa shape index (κ3) is 1.40.